The molecule has 0 bridgehead atoms. The molecule has 0 atom stereocenters. The van der Waals surface area contributed by atoms with E-state index in [0.29, 0.717) is 24.0 Å². The Bertz CT molecular complexity index is 696. The highest BCUT2D eigenvalue weighted by Gasteiger charge is 2.32. The molecule has 0 aromatic carbocycles. The van der Waals surface area contributed by atoms with Crippen LogP contribution >= 0.6 is 11.8 Å². The van der Waals surface area contributed by atoms with Crippen molar-refractivity contribution < 1.29 is 13.2 Å². The van der Waals surface area contributed by atoms with Crippen LogP contribution in [0.2, 0.25) is 0 Å². The Balaban J connectivity index is 3.68. The van der Waals surface area contributed by atoms with Crippen molar-refractivity contribution in [1.29, 1.82) is 5.26 Å². The lowest BCUT2D eigenvalue weighted by molar-refractivity contribution is -0.138. The first kappa shape index (κ1) is 16.8. The first-order valence-corrected chi connectivity index (χ1v) is 6.35. The Hall–Kier alpha value is -2.27. The maximum Gasteiger partial charge on any atom is 0.417 e. The zero-order valence-corrected chi connectivity index (χ0v) is 11.7. The van der Waals surface area contributed by atoms with E-state index in [-0.39, 0.29) is 10.6 Å². The molecule has 1 heterocycles. The summed E-state index contributed by atoms with van der Waals surface area (Å²) < 4.78 is 39.4. The van der Waals surface area contributed by atoms with Gasteiger partial charge in [-0.15, -0.1) is 0 Å². The molecule has 0 aliphatic heterocycles. The molecular formula is C13H10F3N3OS. The van der Waals surface area contributed by atoms with E-state index in [1.165, 1.54) is 6.08 Å². The van der Waals surface area contributed by atoms with Crippen LogP contribution in [0, 0.1) is 10.7 Å². The molecular weight excluding hydrogens is 303 g/mol. The maximum atomic E-state index is 12.9. The van der Waals surface area contributed by atoms with Crippen molar-refractivity contribution in [3.05, 3.63) is 46.5 Å². The molecule has 0 radical (unpaired) electrons. The monoisotopic (exact) mass is 313 g/mol. The van der Waals surface area contributed by atoms with Crippen molar-refractivity contribution >= 4 is 24.2 Å². The van der Waals surface area contributed by atoms with E-state index in [0.717, 1.165) is 10.8 Å². The number of nitrogens with zero attached hydrogens (tertiary/aromatic N) is 3. The summed E-state index contributed by atoms with van der Waals surface area (Å²) in [6, 6.07) is 0.654. The molecule has 0 aliphatic carbocycles. The van der Waals surface area contributed by atoms with Crippen molar-refractivity contribution in [3.63, 3.8) is 0 Å². The minimum Gasteiger partial charge on any atom is -0.281 e. The molecule has 0 N–H and O–H groups in total. The molecule has 21 heavy (non-hydrogen) atoms. The van der Waals surface area contributed by atoms with Crippen molar-refractivity contribution in [1.82, 2.24) is 4.57 Å². The second kappa shape index (κ2) is 6.95. The molecule has 4 nitrogen and oxygen atoms in total. The van der Waals surface area contributed by atoms with Gasteiger partial charge in [0.25, 0.3) is 5.56 Å². The fourth-order valence-corrected chi connectivity index (χ4v) is 1.95. The van der Waals surface area contributed by atoms with Crippen LogP contribution in [0.5, 0.6) is 0 Å². The lowest BCUT2D eigenvalue weighted by Gasteiger charge is -2.12. The van der Waals surface area contributed by atoms with Crippen LogP contribution < -0.4 is 5.56 Å². The van der Waals surface area contributed by atoms with Crippen LogP contribution in [0.25, 0.3) is 5.70 Å². The van der Waals surface area contributed by atoms with Gasteiger partial charge in [0.05, 0.1) is 22.4 Å². The molecule has 0 unspecified atom stereocenters. The minimum atomic E-state index is -4.64. The number of aliphatic imine (C=N–C) groups is 1. The lowest BCUT2D eigenvalue weighted by atomic mass is 10.2. The fraction of sp³-hybridized carbons (Fsp3) is 0.154. The van der Waals surface area contributed by atoms with Gasteiger partial charge in [-0.1, -0.05) is 6.08 Å². The summed E-state index contributed by atoms with van der Waals surface area (Å²) in [6.07, 6.45) is 0.143. The van der Waals surface area contributed by atoms with Gasteiger partial charge in [0.1, 0.15) is 5.40 Å². The van der Waals surface area contributed by atoms with Gasteiger partial charge in [-0.25, -0.2) is 0 Å². The molecule has 0 spiro atoms. The van der Waals surface area contributed by atoms with E-state index < -0.39 is 17.3 Å². The first-order chi connectivity index (χ1) is 9.85. The fourth-order valence-electron chi connectivity index (χ4n) is 1.48. The topological polar surface area (TPSA) is 58.1 Å². The van der Waals surface area contributed by atoms with E-state index in [4.69, 9.17) is 5.26 Å². The zero-order chi connectivity index (χ0) is 16.0. The van der Waals surface area contributed by atoms with Gasteiger partial charge in [0.2, 0.25) is 0 Å². The number of hydrogen-bond donors (Lipinski definition) is 0. The van der Waals surface area contributed by atoms with E-state index in [1.54, 1.807) is 18.4 Å². The minimum absolute atomic E-state index is 0.114. The number of nitriles is 1. The van der Waals surface area contributed by atoms with Crippen LogP contribution in [0.15, 0.2) is 45.3 Å². The van der Waals surface area contributed by atoms with Gasteiger partial charge in [-0.2, -0.15) is 18.4 Å². The number of thioether (sulfide) groups is 1. The highest BCUT2D eigenvalue weighted by Crippen LogP contribution is 2.31. The number of pyridine rings is 1. The molecule has 0 fully saturated rings. The number of thiocyanates is 1. The average Bonchev–Trinajstić information content (AvgIpc) is 2.40. The summed E-state index contributed by atoms with van der Waals surface area (Å²) in [4.78, 5) is 15.3. The van der Waals surface area contributed by atoms with Crippen molar-refractivity contribution in [2.75, 3.05) is 0 Å². The van der Waals surface area contributed by atoms with Crippen LogP contribution in [0.3, 0.4) is 0 Å². The number of alkyl halides is 3. The number of halogens is 3. The van der Waals surface area contributed by atoms with Gasteiger partial charge in [-0.3, -0.25) is 14.4 Å². The summed E-state index contributed by atoms with van der Waals surface area (Å²) >= 11 is 0.375. The van der Waals surface area contributed by atoms with E-state index >= 15 is 0 Å². The summed E-state index contributed by atoms with van der Waals surface area (Å²) in [6.45, 7) is 4.85. The molecule has 8 heteroatoms. The zero-order valence-electron chi connectivity index (χ0n) is 10.9. The third-order valence-electron chi connectivity index (χ3n) is 2.31. The number of aromatic nitrogens is 1. The van der Waals surface area contributed by atoms with Crippen molar-refractivity contribution in [2.24, 2.45) is 4.99 Å². The summed E-state index contributed by atoms with van der Waals surface area (Å²) in [7, 11) is 0. The van der Waals surface area contributed by atoms with E-state index in [2.05, 4.69) is 11.7 Å². The quantitative estimate of drug-likeness (QED) is 0.370. The Morgan fingerprint density at radius 3 is 2.71 bits per heavy atom. The number of hydrogen-bond acceptors (Lipinski definition) is 4. The normalized spacial score (nSPS) is 12.4. The van der Waals surface area contributed by atoms with Gasteiger partial charge >= 0.3 is 6.18 Å². The standard InChI is InChI=1S/C13H10F3N3OS/c1-3-4-10(6-18-2)19-7-9(13(14,15)16)5-11(12(19)20)21-8-17/h3-7H,2H2,1H3/b4-3-,10-6+. The number of allylic oxidation sites excluding steroid dienone is 3. The van der Waals surface area contributed by atoms with Gasteiger partial charge in [0, 0.05) is 6.20 Å². The first-order valence-electron chi connectivity index (χ1n) is 5.54. The highest BCUT2D eigenvalue weighted by molar-refractivity contribution is 8.03. The second-order valence-corrected chi connectivity index (χ2v) is 4.52. The van der Waals surface area contributed by atoms with E-state index in [1.807, 2.05) is 0 Å². The summed E-state index contributed by atoms with van der Waals surface area (Å²) in [5.41, 5.74) is -1.65. The molecule has 0 amide bonds. The smallest absolute Gasteiger partial charge is 0.281 e. The van der Waals surface area contributed by atoms with Gasteiger partial charge in [-0.05, 0) is 37.5 Å². The molecule has 1 aromatic rings. The second-order valence-electron chi connectivity index (χ2n) is 3.70. The SMILES string of the molecule is C=N/C=C(\C=C/C)n1cc(C(F)(F)F)cc(SC#N)c1=O. The predicted molar refractivity (Wildman–Crippen MR) is 75.8 cm³/mol. The number of rotatable bonds is 4. The van der Waals surface area contributed by atoms with Gasteiger partial charge in [0.15, 0.2) is 0 Å². The summed E-state index contributed by atoms with van der Waals surface area (Å²) in [5.74, 6) is 0. The Morgan fingerprint density at radius 1 is 1.57 bits per heavy atom. The van der Waals surface area contributed by atoms with Crippen LogP contribution in [0.1, 0.15) is 12.5 Å². The van der Waals surface area contributed by atoms with Crippen molar-refractivity contribution in [2.45, 2.75) is 18.0 Å². The molecule has 0 aliphatic rings. The maximum absolute atomic E-state index is 12.9. The Kier molecular flexibility index (Phi) is 5.55. The largest absolute Gasteiger partial charge is 0.417 e. The predicted octanol–water partition coefficient (Wildman–Crippen LogP) is 3.52. The molecule has 0 saturated heterocycles. The third kappa shape index (κ3) is 4.10. The van der Waals surface area contributed by atoms with Crippen LogP contribution in [0.4, 0.5) is 13.2 Å². The van der Waals surface area contributed by atoms with Crippen LogP contribution in [-0.4, -0.2) is 11.3 Å². The third-order valence-corrected chi connectivity index (χ3v) is 2.91. The molecule has 0 saturated carbocycles. The van der Waals surface area contributed by atoms with Gasteiger partial charge < -0.3 is 0 Å². The van der Waals surface area contributed by atoms with Crippen LogP contribution in [-0.2, 0) is 6.18 Å². The Morgan fingerprint density at radius 2 is 2.24 bits per heavy atom. The highest BCUT2D eigenvalue weighted by atomic mass is 32.2. The van der Waals surface area contributed by atoms with Crippen molar-refractivity contribution in [3.8, 4) is 5.40 Å². The molecule has 1 rings (SSSR count). The Labute approximate surface area is 122 Å². The lowest BCUT2D eigenvalue weighted by Crippen LogP contribution is -2.22. The summed E-state index contributed by atoms with van der Waals surface area (Å²) in [5, 5.41) is 10.2. The average molecular weight is 313 g/mol. The van der Waals surface area contributed by atoms with E-state index in [9.17, 15) is 18.0 Å². The molecule has 1 aromatic heterocycles. The molecule has 110 valence electrons.